The van der Waals surface area contributed by atoms with E-state index < -0.39 is 23.6 Å². The van der Waals surface area contributed by atoms with E-state index in [1.54, 1.807) is 0 Å². The molecule has 0 atom stereocenters. The van der Waals surface area contributed by atoms with Gasteiger partial charge in [0, 0.05) is 72.7 Å². The lowest BCUT2D eigenvalue weighted by Gasteiger charge is -2.26. The Hall–Kier alpha value is -3.91. The Kier molecular flexibility index (Phi) is 27.5. The minimum Gasteiger partial charge on any atom is -0.379 e. The molecular weight excluding hydrogens is 674 g/mol. The van der Waals surface area contributed by atoms with Crippen molar-refractivity contribution in [1.82, 2.24) is 24.5 Å². The molecule has 0 aromatic carbocycles. The monoisotopic (exact) mass is 731 g/mol. The first kappa shape index (κ1) is 47.1. The Bertz CT molecular complexity index is 1110. The van der Waals surface area contributed by atoms with E-state index in [2.05, 4.69) is 10.0 Å². The molecule has 20 nitrogen and oxygen atoms in total. The van der Waals surface area contributed by atoms with Crippen LogP contribution < -0.4 is 5.73 Å². The first-order valence-electron chi connectivity index (χ1n) is 16.6. The fourth-order valence-electron chi connectivity index (χ4n) is 3.90. The van der Waals surface area contributed by atoms with Crippen LogP contribution in [0.5, 0.6) is 0 Å². The maximum Gasteiger partial charge on any atom is 0.242 e. The van der Waals surface area contributed by atoms with Crippen LogP contribution in [0.1, 0.15) is 19.3 Å². The number of carbonyl (C=O) groups is 6. The zero-order chi connectivity index (χ0) is 38.4. The van der Waals surface area contributed by atoms with Crippen molar-refractivity contribution in [3.8, 4) is 0 Å². The van der Waals surface area contributed by atoms with E-state index in [1.165, 1.54) is 45.0 Å². The summed E-state index contributed by atoms with van der Waals surface area (Å²) in [7, 11) is 7.18. The summed E-state index contributed by atoms with van der Waals surface area (Å²) < 4.78 is 26.9. The molecule has 0 aliphatic heterocycles. The standard InChI is InChI=1S/C31H57N9O11/c1-36(21-26(41)7-6-11-47-13-15-49-17-19-51-20-18-50-16-14-48-12-10-34-35-33)28(43)23-38(3)30(45)25-40(5)31(46)24-39(4)29(44)22-37(2)27(42)8-9-32/h6-25,32H2,1-5H3. The molecule has 20 heteroatoms. The second kappa shape index (κ2) is 29.8. The largest absolute Gasteiger partial charge is 0.379 e. The Morgan fingerprint density at radius 1 is 0.510 bits per heavy atom. The van der Waals surface area contributed by atoms with Crippen LogP contribution in [0.2, 0.25) is 0 Å². The summed E-state index contributed by atoms with van der Waals surface area (Å²) in [6.45, 7) is 3.17. The fraction of sp³-hybridized carbons (Fsp3) is 0.806. The molecule has 0 aromatic rings. The number of rotatable bonds is 31. The van der Waals surface area contributed by atoms with Gasteiger partial charge < -0.3 is 53.9 Å². The van der Waals surface area contributed by atoms with Crippen molar-refractivity contribution < 1.29 is 52.5 Å². The number of hydrogen-bond acceptors (Lipinski definition) is 13. The van der Waals surface area contributed by atoms with Gasteiger partial charge in [0.2, 0.25) is 29.5 Å². The molecule has 0 spiro atoms. The van der Waals surface area contributed by atoms with Crippen LogP contribution in [0.3, 0.4) is 0 Å². The van der Waals surface area contributed by atoms with Gasteiger partial charge in [0.05, 0.1) is 92.2 Å². The Morgan fingerprint density at radius 2 is 0.843 bits per heavy atom. The van der Waals surface area contributed by atoms with Crippen LogP contribution in [-0.2, 0) is 52.5 Å². The molecule has 292 valence electrons. The maximum absolute atomic E-state index is 12.7. The fourth-order valence-corrected chi connectivity index (χ4v) is 3.90. The molecule has 0 aliphatic rings. The third kappa shape index (κ3) is 24.8. The number of amides is 5. The van der Waals surface area contributed by atoms with Crippen molar-refractivity contribution in [3.63, 3.8) is 0 Å². The van der Waals surface area contributed by atoms with Crippen LogP contribution in [-0.4, -0.2) is 207 Å². The SMILES string of the molecule is CN(CC(=O)CCCOCCOCCOCCOCCOCCN=[N+]=[N-])C(=O)CN(C)C(=O)CN(C)C(=O)CN(C)C(=O)CN(C)C(=O)CCN. The molecule has 0 rings (SSSR count). The van der Waals surface area contributed by atoms with Crippen LogP contribution >= 0.6 is 0 Å². The van der Waals surface area contributed by atoms with Crippen molar-refractivity contribution >= 4 is 35.3 Å². The second-order valence-electron chi connectivity index (χ2n) is 11.4. The summed E-state index contributed by atoms with van der Waals surface area (Å²) >= 11 is 0. The highest BCUT2D eigenvalue weighted by Gasteiger charge is 2.23. The molecule has 0 radical (unpaired) electrons. The normalized spacial score (nSPS) is 10.6. The summed E-state index contributed by atoms with van der Waals surface area (Å²) in [5.74, 6) is -2.34. The number of ether oxygens (including phenoxy) is 5. The van der Waals surface area contributed by atoms with Gasteiger partial charge in [0.25, 0.3) is 0 Å². The number of nitrogens with two attached hydrogens (primary N) is 1. The molecule has 51 heavy (non-hydrogen) atoms. The molecule has 0 saturated heterocycles. The Balaban J connectivity index is 4.03. The summed E-state index contributed by atoms with van der Waals surface area (Å²) in [5.41, 5.74) is 13.5. The van der Waals surface area contributed by atoms with E-state index in [0.29, 0.717) is 79.0 Å². The third-order valence-corrected chi connectivity index (χ3v) is 7.02. The van der Waals surface area contributed by atoms with Gasteiger partial charge in [-0.2, -0.15) is 0 Å². The van der Waals surface area contributed by atoms with Gasteiger partial charge in [0.1, 0.15) is 0 Å². The second-order valence-corrected chi connectivity index (χ2v) is 11.4. The predicted octanol–water partition coefficient (Wildman–Crippen LogP) is -1.63. The zero-order valence-electron chi connectivity index (χ0n) is 30.8. The summed E-state index contributed by atoms with van der Waals surface area (Å²) in [5, 5.41) is 3.36. The summed E-state index contributed by atoms with van der Waals surface area (Å²) in [6, 6.07) is 0. The summed E-state index contributed by atoms with van der Waals surface area (Å²) in [6.07, 6.45) is 0.799. The minimum absolute atomic E-state index is 0.104. The van der Waals surface area contributed by atoms with Gasteiger partial charge >= 0.3 is 0 Å². The van der Waals surface area contributed by atoms with Crippen molar-refractivity contribution in [1.29, 1.82) is 0 Å². The Morgan fingerprint density at radius 3 is 1.22 bits per heavy atom. The molecular formula is C31H57N9O11. The lowest BCUT2D eigenvalue weighted by Crippen LogP contribution is -2.47. The predicted molar refractivity (Wildman–Crippen MR) is 184 cm³/mol. The average molecular weight is 732 g/mol. The smallest absolute Gasteiger partial charge is 0.242 e. The lowest BCUT2D eigenvalue weighted by atomic mass is 10.2. The quantitative estimate of drug-likeness (QED) is 0.0366. The van der Waals surface area contributed by atoms with Crippen LogP contribution in [0.4, 0.5) is 0 Å². The van der Waals surface area contributed by atoms with Gasteiger partial charge in [-0.05, 0) is 12.0 Å². The molecule has 0 aliphatic carbocycles. The number of likely N-dealkylation sites (N-methyl/N-ethyl adjacent to an activating group) is 5. The first-order chi connectivity index (χ1) is 24.3. The van der Waals surface area contributed by atoms with E-state index in [0.717, 1.165) is 14.7 Å². The van der Waals surface area contributed by atoms with Crippen molar-refractivity contribution in [3.05, 3.63) is 10.4 Å². The number of nitrogens with zero attached hydrogens (tertiary/aromatic N) is 8. The molecule has 0 saturated carbocycles. The number of hydrogen-bond donors (Lipinski definition) is 1. The first-order valence-corrected chi connectivity index (χ1v) is 16.6. The minimum atomic E-state index is -0.502. The van der Waals surface area contributed by atoms with Crippen LogP contribution in [0.15, 0.2) is 5.11 Å². The highest BCUT2D eigenvalue weighted by atomic mass is 16.6. The van der Waals surface area contributed by atoms with Crippen molar-refractivity contribution in [2.24, 2.45) is 10.8 Å². The molecule has 0 unspecified atom stereocenters. The molecule has 2 N–H and O–H groups in total. The van der Waals surface area contributed by atoms with E-state index in [1.807, 2.05) is 0 Å². The van der Waals surface area contributed by atoms with Gasteiger partial charge in [-0.25, -0.2) is 0 Å². The zero-order valence-corrected chi connectivity index (χ0v) is 30.8. The summed E-state index contributed by atoms with van der Waals surface area (Å²) in [4.78, 5) is 83.0. The van der Waals surface area contributed by atoms with Crippen molar-refractivity contribution in [2.45, 2.75) is 19.3 Å². The highest BCUT2D eigenvalue weighted by molar-refractivity contribution is 5.92. The molecule has 0 bridgehead atoms. The number of ketones is 1. The lowest BCUT2D eigenvalue weighted by molar-refractivity contribution is -0.145. The molecule has 0 fully saturated rings. The number of Topliss-reactive ketones (excluding diaryl/α,β-unsaturated/α-hetero) is 1. The van der Waals surface area contributed by atoms with E-state index >= 15 is 0 Å². The average Bonchev–Trinajstić information content (AvgIpc) is 3.08. The third-order valence-electron chi connectivity index (χ3n) is 7.02. The van der Waals surface area contributed by atoms with E-state index in [4.69, 9.17) is 34.9 Å². The molecule has 0 heterocycles. The van der Waals surface area contributed by atoms with E-state index in [-0.39, 0.29) is 63.8 Å². The van der Waals surface area contributed by atoms with Gasteiger partial charge in [-0.3, -0.25) is 28.8 Å². The van der Waals surface area contributed by atoms with Gasteiger partial charge in [-0.15, -0.1) is 0 Å². The van der Waals surface area contributed by atoms with Crippen molar-refractivity contribution in [2.75, 3.05) is 147 Å². The van der Waals surface area contributed by atoms with Crippen LogP contribution in [0.25, 0.3) is 10.4 Å². The molecule has 5 amide bonds. The van der Waals surface area contributed by atoms with Crippen LogP contribution in [0, 0.1) is 0 Å². The Labute approximate surface area is 299 Å². The number of carbonyl (C=O) groups excluding carboxylic acids is 6. The number of azide groups is 1. The maximum atomic E-state index is 12.7. The highest BCUT2D eigenvalue weighted by Crippen LogP contribution is 2.00. The van der Waals surface area contributed by atoms with E-state index in [9.17, 15) is 28.8 Å². The topological polar surface area (TPSA) is 240 Å². The van der Waals surface area contributed by atoms with Gasteiger partial charge in [0.15, 0.2) is 5.78 Å². The molecule has 0 aromatic heterocycles. The van der Waals surface area contributed by atoms with Gasteiger partial charge in [-0.1, -0.05) is 5.11 Å².